The fourth-order valence-corrected chi connectivity index (χ4v) is 2.04. The number of H-pyrrole nitrogens is 1. The number of aliphatic carboxylic acids is 1. The summed E-state index contributed by atoms with van der Waals surface area (Å²) in [5, 5.41) is 15.7. The van der Waals surface area contributed by atoms with Gasteiger partial charge in [-0.3, -0.25) is 14.7 Å². The third-order valence-electron chi connectivity index (χ3n) is 3.22. The van der Waals surface area contributed by atoms with E-state index in [0.29, 0.717) is 0 Å². The monoisotopic (exact) mass is 251 g/mol. The maximum atomic E-state index is 12.2. The Bertz CT molecular complexity index is 457. The summed E-state index contributed by atoms with van der Waals surface area (Å²) in [5.41, 5.74) is 2.54. The second-order valence-corrected chi connectivity index (χ2v) is 4.74. The van der Waals surface area contributed by atoms with Crippen molar-refractivity contribution in [3.05, 3.63) is 17.0 Å². The lowest BCUT2D eigenvalue weighted by Crippen LogP contribution is -2.38. The van der Waals surface area contributed by atoms with E-state index in [0.717, 1.165) is 29.8 Å². The van der Waals surface area contributed by atoms with Crippen LogP contribution in [0, 0.1) is 13.8 Å². The second-order valence-electron chi connectivity index (χ2n) is 4.74. The van der Waals surface area contributed by atoms with E-state index in [2.05, 4.69) is 10.2 Å². The van der Waals surface area contributed by atoms with Crippen LogP contribution in [-0.2, 0) is 16.0 Å². The van der Waals surface area contributed by atoms with Gasteiger partial charge < -0.3 is 10.0 Å². The number of carbonyl (C=O) groups is 2. The highest BCUT2D eigenvalue weighted by molar-refractivity contribution is 5.83. The minimum Gasteiger partial charge on any atom is -0.480 e. The van der Waals surface area contributed by atoms with Crippen LogP contribution in [0.1, 0.15) is 29.8 Å². The molecule has 1 aromatic heterocycles. The normalized spacial score (nSPS) is 14.6. The van der Waals surface area contributed by atoms with E-state index in [-0.39, 0.29) is 24.9 Å². The molecule has 6 heteroatoms. The van der Waals surface area contributed by atoms with Gasteiger partial charge in [-0.05, 0) is 26.7 Å². The SMILES string of the molecule is Cc1n[nH]c(C)c1CC(=O)N(CC(=O)O)C1CC1. The molecule has 0 atom stereocenters. The van der Waals surface area contributed by atoms with Crippen LogP contribution in [0.5, 0.6) is 0 Å². The molecule has 1 aliphatic carbocycles. The fourth-order valence-electron chi connectivity index (χ4n) is 2.04. The zero-order valence-corrected chi connectivity index (χ0v) is 10.6. The van der Waals surface area contributed by atoms with E-state index < -0.39 is 5.97 Å². The molecular formula is C12H17N3O3. The minimum absolute atomic E-state index is 0.112. The number of hydrogen-bond donors (Lipinski definition) is 2. The average molecular weight is 251 g/mol. The molecule has 0 unspecified atom stereocenters. The molecule has 1 fully saturated rings. The van der Waals surface area contributed by atoms with Crippen molar-refractivity contribution < 1.29 is 14.7 Å². The van der Waals surface area contributed by atoms with Gasteiger partial charge in [0.1, 0.15) is 6.54 Å². The molecule has 0 aliphatic heterocycles. The van der Waals surface area contributed by atoms with Crippen LogP contribution in [0.4, 0.5) is 0 Å². The van der Waals surface area contributed by atoms with Gasteiger partial charge in [0, 0.05) is 17.3 Å². The van der Waals surface area contributed by atoms with Crippen LogP contribution < -0.4 is 0 Å². The van der Waals surface area contributed by atoms with E-state index >= 15 is 0 Å². The molecular weight excluding hydrogens is 234 g/mol. The van der Waals surface area contributed by atoms with Crippen LogP contribution in [0.15, 0.2) is 0 Å². The Balaban J connectivity index is 2.07. The van der Waals surface area contributed by atoms with Crippen molar-refractivity contribution in [2.24, 2.45) is 0 Å². The zero-order chi connectivity index (χ0) is 13.3. The van der Waals surface area contributed by atoms with Crippen LogP contribution in [0.3, 0.4) is 0 Å². The van der Waals surface area contributed by atoms with Crippen molar-refractivity contribution in [3.63, 3.8) is 0 Å². The number of carboxylic acid groups (broad SMARTS) is 1. The molecule has 6 nitrogen and oxygen atoms in total. The smallest absolute Gasteiger partial charge is 0.323 e. The lowest BCUT2D eigenvalue weighted by atomic mass is 10.1. The van der Waals surface area contributed by atoms with Crippen LogP contribution in [0.25, 0.3) is 0 Å². The topological polar surface area (TPSA) is 86.3 Å². The van der Waals surface area contributed by atoms with Crippen LogP contribution in [-0.4, -0.2) is 44.7 Å². The Morgan fingerprint density at radius 2 is 2.11 bits per heavy atom. The van der Waals surface area contributed by atoms with Gasteiger partial charge in [0.15, 0.2) is 0 Å². The van der Waals surface area contributed by atoms with Crippen molar-refractivity contribution in [3.8, 4) is 0 Å². The molecule has 2 rings (SSSR count). The van der Waals surface area contributed by atoms with Gasteiger partial charge in [0.05, 0.1) is 12.1 Å². The molecule has 2 N–H and O–H groups in total. The van der Waals surface area contributed by atoms with Gasteiger partial charge in [-0.2, -0.15) is 5.10 Å². The van der Waals surface area contributed by atoms with Crippen LogP contribution in [0.2, 0.25) is 0 Å². The molecule has 1 amide bonds. The fraction of sp³-hybridized carbons (Fsp3) is 0.583. The molecule has 1 aliphatic rings. The molecule has 1 aromatic rings. The summed E-state index contributed by atoms with van der Waals surface area (Å²) in [6.07, 6.45) is 2.03. The lowest BCUT2D eigenvalue weighted by Gasteiger charge is -2.20. The number of aryl methyl sites for hydroxylation is 2. The predicted octanol–water partition coefficient (Wildman–Crippen LogP) is 0.645. The van der Waals surface area contributed by atoms with E-state index in [1.54, 1.807) is 0 Å². The number of carboxylic acids is 1. The summed E-state index contributed by atoms with van der Waals surface area (Å²) in [4.78, 5) is 24.4. The van der Waals surface area contributed by atoms with Crippen molar-refractivity contribution in [1.29, 1.82) is 0 Å². The van der Waals surface area contributed by atoms with Crippen molar-refractivity contribution in [2.75, 3.05) is 6.54 Å². The largest absolute Gasteiger partial charge is 0.480 e. The van der Waals surface area contributed by atoms with E-state index in [1.165, 1.54) is 4.90 Å². The van der Waals surface area contributed by atoms with E-state index in [9.17, 15) is 9.59 Å². The summed E-state index contributed by atoms with van der Waals surface area (Å²) < 4.78 is 0. The standard InChI is InChI=1S/C12H17N3O3/c1-7-10(8(2)14-13-7)5-11(16)15(6-12(17)18)9-3-4-9/h9H,3-6H2,1-2H3,(H,13,14)(H,17,18). The highest BCUT2D eigenvalue weighted by Gasteiger charge is 2.34. The molecule has 0 aromatic carbocycles. The van der Waals surface area contributed by atoms with Crippen molar-refractivity contribution in [1.82, 2.24) is 15.1 Å². The maximum Gasteiger partial charge on any atom is 0.323 e. The first-order valence-electron chi connectivity index (χ1n) is 6.00. The highest BCUT2D eigenvalue weighted by Crippen LogP contribution is 2.27. The van der Waals surface area contributed by atoms with E-state index in [4.69, 9.17) is 5.11 Å². The molecule has 0 bridgehead atoms. The first kappa shape index (κ1) is 12.6. The molecule has 0 spiro atoms. The number of aromatic amines is 1. The number of hydrogen-bond acceptors (Lipinski definition) is 3. The first-order valence-corrected chi connectivity index (χ1v) is 6.00. The van der Waals surface area contributed by atoms with Gasteiger partial charge in [0.25, 0.3) is 0 Å². The first-order chi connectivity index (χ1) is 8.49. The maximum absolute atomic E-state index is 12.2. The highest BCUT2D eigenvalue weighted by atomic mass is 16.4. The second kappa shape index (κ2) is 4.80. The van der Waals surface area contributed by atoms with Crippen LogP contribution >= 0.6 is 0 Å². The molecule has 98 valence electrons. The number of amides is 1. The predicted molar refractivity (Wildman–Crippen MR) is 64.1 cm³/mol. The molecule has 18 heavy (non-hydrogen) atoms. The van der Waals surface area contributed by atoms with Gasteiger partial charge in [-0.15, -0.1) is 0 Å². The van der Waals surface area contributed by atoms with Gasteiger partial charge >= 0.3 is 5.97 Å². The molecule has 0 saturated heterocycles. The molecule has 0 radical (unpaired) electrons. The minimum atomic E-state index is -0.962. The van der Waals surface area contributed by atoms with Gasteiger partial charge in [-0.1, -0.05) is 0 Å². The Morgan fingerprint density at radius 3 is 2.56 bits per heavy atom. The lowest BCUT2D eigenvalue weighted by molar-refractivity contribution is -0.144. The van der Waals surface area contributed by atoms with Crippen molar-refractivity contribution >= 4 is 11.9 Å². The van der Waals surface area contributed by atoms with Gasteiger partial charge in [-0.25, -0.2) is 0 Å². The van der Waals surface area contributed by atoms with Gasteiger partial charge in [0.2, 0.25) is 5.91 Å². The number of carbonyl (C=O) groups excluding carboxylic acids is 1. The third-order valence-corrected chi connectivity index (χ3v) is 3.22. The van der Waals surface area contributed by atoms with Crippen molar-refractivity contribution in [2.45, 2.75) is 39.2 Å². The third kappa shape index (κ3) is 2.69. The Hall–Kier alpha value is -1.85. The number of aromatic nitrogens is 2. The number of nitrogens with one attached hydrogen (secondary N) is 1. The summed E-state index contributed by atoms with van der Waals surface area (Å²) >= 11 is 0. The summed E-state index contributed by atoms with van der Waals surface area (Å²) in [6, 6.07) is 0.112. The quantitative estimate of drug-likeness (QED) is 0.804. The molecule has 1 heterocycles. The summed E-state index contributed by atoms with van der Waals surface area (Å²) in [5.74, 6) is -1.09. The zero-order valence-electron chi connectivity index (χ0n) is 10.6. The summed E-state index contributed by atoms with van der Waals surface area (Å²) in [7, 11) is 0. The summed E-state index contributed by atoms with van der Waals surface area (Å²) in [6.45, 7) is 3.49. The average Bonchev–Trinajstić information content (AvgIpc) is 3.08. The Kier molecular flexibility index (Phi) is 3.36. The molecule has 1 saturated carbocycles. The number of rotatable bonds is 5. The van der Waals surface area contributed by atoms with E-state index in [1.807, 2.05) is 13.8 Å². The Morgan fingerprint density at radius 1 is 1.44 bits per heavy atom. The number of nitrogens with zero attached hydrogens (tertiary/aromatic N) is 2. The Labute approximate surface area is 105 Å².